The van der Waals surface area contributed by atoms with Crippen LogP contribution in [-0.4, -0.2) is 82.7 Å². The van der Waals surface area contributed by atoms with Gasteiger partial charge < -0.3 is 45.2 Å². The Morgan fingerprint density at radius 1 is 0.896 bits per heavy atom. The number of ketones is 1. The maximum absolute atomic E-state index is 15.2. The minimum Gasteiger partial charge on any atom is -0.504 e. The molecule has 0 radical (unpaired) electrons. The van der Waals surface area contributed by atoms with Gasteiger partial charge in [0.05, 0.1) is 17.1 Å². The molecule has 48 heavy (non-hydrogen) atoms. The highest BCUT2D eigenvalue weighted by Gasteiger charge is 2.58. The van der Waals surface area contributed by atoms with Gasteiger partial charge in [-0.05, 0) is 79.8 Å². The van der Waals surface area contributed by atoms with E-state index in [-0.39, 0.29) is 46.0 Å². The Balaban J connectivity index is 1.67. The molecule has 3 fully saturated rings. The smallest absolute Gasteiger partial charge is 0.504 e. The van der Waals surface area contributed by atoms with E-state index in [0.717, 1.165) is 30.7 Å². The molecule has 14 nitrogen and oxygen atoms in total. The minimum atomic E-state index is -2.36. The Hall–Kier alpha value is -6.02. The zero-order chi connectivity index (χ0) is 34.5. The number of pyridine rings is 1. The number of esters is 1. The average molecular weight is 659 g/mol. The maximum atomic E-state index is 15.2. The summed E-state index contributed by atoms with van der Waals surface area (Å²) in [4.78, 5) is 47.0. The molecule has 5 atom stereocenters. The molecule has 3 aliphatic heterocycles. The van der Waals surface area contributed by atoms with Crippen molar-refractivity contribution in [2.75, 3.05) is 13.1 Å². The van der Waals surface area contributed by atoms with Gasteiger partial charge in [-0.15, -0.1) is 6.58 Å². The second kappa shape index (κ2) is 12.0. The van der Waals surface area contributed by atoms with Crippen LogP contribution in [0.2, 0.25) is 0 Å². The lowest BCUT2D eigenvalue weighted by atomic mass is 9.67. The quantitative estimate of drug-likeness (QED) is 0.0459. The number of benzene rings is 3. The number of aromatic nitrogens is 1. The Morgan fingerprint density at radius 2 is 1.52 bits per heavy atom. The third-order valence-electron chi connectivity index (χ3n) is 9.12. The fourth-order valence-corrected chi connectivity index (χ4v) is 6.87. The van der Waals surface area contributed by atoms with Crippen LogP contribution in [0.5, 0.6) is 40.2 Å². The zero-order valence-electron chi connectivity index (χ0n) is 25.1. The molecular formula is C34H30N2O12. The number of carbonyl (C=O) groups is 3. The molecule has 4 aromatic rings. The number of rotatable bonds is 8. The monoisotopic (exact) mass is 658 g/mol. The SMILES string of the molecule is C=C[C@H]1CN2CC[C@H]1C[C@H]2[C@@](OC(=O)c1cc(O)c(O)c(O)c1)(C(=O)c1cc(O)c(O)c(O)c1)c1ccnc2ccc(OC(=O)O)cc12. The largest absolute Gasteiger partial charge is 0.511 e. The second-order valence-electron chi connectivity index (χ2n) is 11.8. The van der Waals surface area contributed by atoms with Crippen molar-refractivity contribution in [1.29, 1.82) is 0 Å². The number of Topliss-reactive ketones (excluding diaryl/α,β-unsaturated/α-hetero) is 1. The van der Waals surface area contributed by atoms with Crippen LogP contribution in [0.1, 0.15) is 39.1 Å². The number of carboxylic acid groups (broad SMARTS) is 1. The van der Waals surface area contributed by atoms with Crippen molar-refractivity contribution in [3.05, 3.63) is 84.1 Å². The first kappa shape index (κ1) is 31.9. The predicted octanol–water partition coefficient (Wildman–Crippen LogP) is 4.36. The maximum Gasteiger partial charge on any atom is 0.511 e. The summed E-state index contributed by atoms with van der Waals surface area (Å²) in [6.45, 7) is 4.86. The molecule has 1 unspecified atom stereocenters. The molecule has 0 amide bonds. The third-order valence-corrected chi connectivity index (χ3v) is 9.12. The van der Waals surface area contributed by atoms with Crippen LogP contribution in [0.3, 0.4) is 0 Å². The predicted molar refractivity (Wildman–Crippen MR) is 166 cm³/mol. The van der Waals surface area contributed by atoms with Crippen molar-refractivity contribution in [2.24, 2.45) is 11.8 Å². The Bertz CT molecular complexity index is 1950. The van der Waals surface area contributed by atoms with Crippen LogP contribution in [0, 0.1) is 11.8 Å². The Labute approximate surface area is 272 Å². The van der Waals surface area contributed by atoms with Crippen molar-refractivity contribution in [1.82, 2.24) is 9.88 Å². The van der Waals surface area contributed by atoms with E-state index in [9.17, 15) is 45.3 Å². The summed E-state index contributed by atoms with van der Waals surface area (Å²) in [5.74, 6) is -7.39. The lowest BCUT2D eigenvalue weighted by Gasteiger charge is -2.54. The van der Waals surface area contributed by atoms with Gasteiger partial charge in [0.25, 0.3) is 0 Å². The highest BCUT2D eigenvalue weighted by molar-refractivity contribution is 6.08. The van der Waals surface area contributed by atoms with Crippen LogP contribution in [-0.2, 0) is 10.3 Å². The fraction of sp³-hybridized carbons (Fsp3) is 0.235. The van der Waals surface area contributed by atoms with Crippen molar-refractivity contribution in [2.45, 2.75) is 24.5 Å². The lowest BCUT2D eigenvalue weighted by molar-refractivity contribution is -0.0965. The van der Waals surface area contributed by atoms with Gasteiger partial charge in [0, 0.05) is 29.3 Å². The van der Waals surface area contributed by atoms with E-state index in [1.807, 2.05) is 11.0 Å². The van der Waals surface area contributed by atoms with Crippen molar-refractivity contribution < 1.29 is 59.6 Å². The zero-order valence-corrected chi connectivity index (χ0v) is 25.1. The van der Waals surface area contributed by atoms with Gasteiger partial charge in [0.15, 0.2) is 34.5 Å². The number of phenolic OH excluding ortho intramolecular Hbond substituents is 6. The standard InChI is InChI=1S/C34H30N2O12/c1-2-16-15-36-8-6-17(16)13-28(36)34(31(43)18-9-24(37)29(41)25(38)10-18,48-32(44)19-11-26(39)30(42)27(40)12-19)22-5-7-35-23-4-3-20(14-21(22)23)47-33(45)46/h2-5,7,9-12,14,16-17,28,37-42H,1,6,8,13,15H2,(H,45,46)/t16-,17-,28-,34+/m0/s1. The normalized spacial score (nSPS) is 21.2. The Morgan fingerprint density at radius 3 is 2.08 bits per heavy atom. The van der Waals surface area contributed by atoms with E-state index >= 15 is 4.79 Å². The van der Waals surface area contributed by atoms with Crippen molar-refractivity contribution in [3.63, 3.8) is 0 Å². The van der Waals surface area contributed by atoms with Crippen LogP contribution < -0.4 is 4.74 Å². The molecule has 1 aromatic heterocycles. The molecule has 0 aliphatic carbocycles. The van der Waals surface area contributed by atoms with Gasteiger partial charge in [-0.3, -0.25) is 14.7 Å². The molecule has 3 saturated heterocycles. The summed E-state index contributed by atoms with van der Waals surface area (Å²) in [6, 6.07) is 8.10. The van der Waals surface area contributed by atoms with Crippen LogP contribution in [0.25, 0.3) is 10.9 Å². The van der Waals surface area contributed by atoms with Crippen molar-refractivity contribution >= 4 is 28.8 Å². The van der Waals surface area contributed by atoms with Crippen LogP contribution in [0.4, 0.5) is 4.79 Å². The van der Waals surface area contributed by atoms with Gasteiger partial charge in [0.1, 0.15) is 5.75 Å². The minimum absolute atomic E-state index is 0.00855. The number of piperidine rings is 3. The first-order valence-electron chi connectivity index (χ1n) is 14.8. The summed E-state index contributed by atoms with van der Waals surface area (Å²) < 4.78 is 11.2. The van der Waals surface area contributed by atoms with E-state index < -0.39 is 69.6 Å². The van der Waals surface area contributed by atoms with E-state index in [2.05, 4.69) is 11.6 Å². The number of ether oxygens (including phenoxy) is 2. The van der Waals surface area contributed by atoms with Crippen LogP contribution in [0.15, 0.2) is 67.4 Å². The van der Waals surface area contributed by atoms with Gasteiger partial charge >= 0.3 is 12.1 Å². The summed E-state index contributed by atoms with van der Waals surface area (Å²) in [5.41, 5.74) is -2.87. The summed E-state index contributed by atoms with van der Waals surface area (Å²) in [6.07, 6.45) is 2.59. The number of carbonyl (C=O) groups excluding carboxylic acids is 2. The van der Waals surface area contributed by atoms with Gasteiger partial charge in [0.2, 0.25) is 11.4 Å². The highest BCUT2D eigenvalue weighted by Crippen LogP contribution is 2.50. The molecule has 2 bridgehead atoms. The van der Waals surface area contributed by atoms with Gasteiger partial charge in [-0.1, -0.05) is 6.08 Å². The summed E-state index contributed by atoms with van der Waals surface area (Å²) in [7, 11) is 0. The molecule has 7 N–H and O–H groups in total. The van der Waals surface area contributed by atoms with E-state index in [1.165, 1.54) is 30.5 Å². The van der Waals surface area contributed by atoms with Crippen molar-refractivity contribution in [3.8, 4) is 40.2 Å². The average Bonchev–Trinajstić information content (AvgIpc) is 3.07. The number of nitrogens with zero attached hydrogens (tertiary/aromatic N) is 2. The fourth-order valence-electron chi connectivity index (χ4n) is 6.87. The van der Waals surface area contributed by atoms with Gasteiger partial charge in [-0.2, -0.15) is 0 Å². The molecule has 3 aliphatic rings. The number of hydrogen-bond acceptors (Lipinski definition) is 13. The van der Waals surface area contributed by atoms with Crippen LogP contribution >= 0.6 is 0 Å². The van der Waals surface area contributed by atoms with E-state index in [4.69, 9.17) is 9.47 Å². The van der Waals surface area contributed by atoms with E-state index in [0.29, 0.717) is 13.1 Å². The van der Waals surface area contributed by atoms with E-state index in [1.54, 1.807) is 0 Å². The highest BCUT2D eigenvalue weighted by atomic mass is 16.7. The first-order chi connectivity index (χ1) is 22.8. The Kier molecular flexibility index (Phi) is 7.96. The summed E-state index contributed by atoms with van der Waals surface area (Å²) >= 11 is 0. The molecule has 14 heteroatoms. The van der Waals surface area contributed by atoms with Gasteiger partial charge in [-0.25, -0.2) is 9.59 Å². The molecule has 248 valence electrons. The molecular weight excluding hydrogens is 628 g/mol. The third kappa shape index (κ3) is 5.31. The number of aromatic hydroxyl groups is 6. The number of hydrogen-bond donors (Lipinski definition) is 7. The summed E-state index contributed by atoms with van der Waals surface area (Å²) in [5, 5.41) is 70.7. The number of phenols is 6. The first-order valence-corrected chi connectivity index (χ1v) is 14.8. The molecule has 4 heterocycles. The number of fused-ring (bicyclic) bond motifs is 4. The molecule has 0 saturated carbocycles. The molecule has 3 aromatic carbocycles. The lowest BCUT2D eigenvalue weighted by Crippen LogP contribution is -2.64. The molecule has 7 rings (SSSR count). The topological polar surface area (TPSA) is 227 Å². The molecule has 0 spiro atoms. The second-order valence-corrected chi connectivity index (χ2v) is 11.8.